The van der Waals surface area contributed by atoms with Gasteiger partial charge in [0.1, 0.15) is 0 Å². The summed E-state index contributed by atoms with van der Waals surface area (Å²) in [5, 5.41) is 8.97. The van der Waals surface area contributed by atoms with E-state index in [0.29, 0.717) is 0 Å². The molecule has 0 aromatic heterocycles. The molecule has 0 heterocycles. The van der Waals surface area contributed by atoms with Gasteiger partial charge < -0.3 is 9.84 Å². The van der Waals surface area contributed by atoms with Crippen LogP contribution in [-0.4, -0.2) is 24.0 Å². The van der Waals surface area contributed by atoms with Gasteiger partial charge in [0.15, 0.2) is 5.60 Å². The van der Waals surface area contributed by atoms with Crippen molar-refractivity contribution in [2.75, 3.05) is 7.11 Å². The number of rotatable bonds is 1. The Bertz CT molecular complexity index is 255. The Labute approximate surface area is 73.3 Å². The van der Waals surface area contributed by atoms with Crippen LogP contribution < -0.4 is 0 Å². The first-order valence-electron chi connectivity index (χ1n) is 3.60. The van der Waals surface area contributed by atoms with Crippen LogP contribution in [0.1, 0.15) is 6.42 Å². The van der Waals surface area contributed by atoms with Crippen LogP contribution in [0.4, 0.5) is 13.2 Å². The van der Waals surface area contributed by atoms with E-state index in [0.717, 1.165) is 19.3 Å². The summed E-state index contributed by atoms with van der Waals surface area (Å²) in [6.45, 7) is 0. The fourth-order valence-corrected chi connectivity index (χ4v) is 1.15. The van der Waals surface area contributed by atoms with Crippen LogP contribution in [0.5, 0.6) is 0 Å². The van der Waals surface area contributed by atoms with Crippen molar-refractivity contribution in [2.24, 2.45) is 0 Å². The highest BCUT2D eigenvalue weighted by Gasteiger charge is 2.54. The van der Waals surface area contributed by atoms with Gasteiger partial charge in [0.2, 0.25) is 0 Å². The molecule has 0 saturated heterocycles. The molecule has 1 aliphatic carbocycles. The zero-order valence-corrected chi connectivity index (χ0v) is 6.93. The predicted octanol–water partition coefficient (Wildman–Crippen LogP) is 2.34. The third kappa shape index (κ3) is 1.70. The third-order valence-electron chi connectivity index (χ3n) is 1.94. The molecular weight excluding hydrogens is 185 g/mol. The van der Waals surface area contributed by atoms with E-state index in [-0.39, 0.29) is 5.76 Å². The largest absolute Gasteiger partial charge is 0.512 e. The molecular formula is C8H9F3O2. The lowest BCUT2D eigenvalue weighted by Crippen LogP contribution is -2.46. The van der Waals surface area contributed by atoms with Crippen molar-refractivity contribution in [3.63, 3.8) is 0 Å². The number of aliphatic hydroxyl groups excluding tert-OH is 1. The minimum absolute atomic E-state index is 0.332. The van der Waals surface area contributed by atoms with Crippen molar-refractivity contribution in [1.29, 1.82) is 0 Å². The van der Waals surface area contributed by atoms with E-state index in [4.69, 9.17) is 5.11 Å². The minimum atomic E-state index is -4.51. The van der Waals surface area contributed by atoms with E-state index in [1.54, 1.807) is 0 Å². The van der Waals surface area contributed by atoms with E-state index in [9.17, 15) is 13.2 Å². The van der Waals surface area contributed by atoms with E-state index in [1.807, 2.05) is 0 Å². The van der Waals surface area contributed by atoms with Gasteiger partial charge in [0.05, 0.1) is 5.76 Å². The molecule has 0 aromatic rings. The fourth-order valence-electron chi connectivity index (χ4n) is 1.15. The quantitative estimate of drug-likeness (QED) is 0.694. The summed E-state index contributed by atoms with van der Waals surface area (Å²) in [5.74, 6) is -0.332. The SMILES string of the molecule is COC1(C(F)(F)F)C=CC=C(O)C1. The molecule has 1 atom stereocenters. The molecule has 74 valence electrons. The van der Waals surface area contributed by atoms with Gasteiger partial charge in [-0.15, -0.1) is 0 Å². The zero-order chi connectivity index (χ0) is 10.1. The first kappa shape index (κ1) is 10.1. The molecule has 1 aliphatic rings. The maximum atomic E-state index is 12.5. The van der Waals surface area contributed by atoms with Crippen LogP contribution in [0.25, 0.3) is 0 Å². The maximum Gasteiger partial charge on any atom is 0.421 e. The highest BCUT2D eigenvalue weighted by molar-refractivity contribution is 5.23. The van der Waals surface area contributed by atoms with E-state index in [2.05, 4.69) is 4.74 Å². The Hall–Kier alpha value is -0.970. The molecule has 0 radical (unpaired) electrons. The number of hydrogen-bond acceptors (Lipinski definition) is 2. The van der Waals surface area contributed by atoms with Crippen molar-refractivity contribution in [2.45, 2.75) is 18.2 Å². The molecule has 0 aromatic carbocycles. The van der Waals surface area contributed by atoms with Gasteiger partial charge in [-0.2, -0.15) is 13.2 Å². The normalized spacial score (nSPS) is 28.8. The lowest BCUT2D eigenvalue weighted by atomic mass is 9.93. The Morgan fingerprint density at radius 1 is 1.54 bits per heavy atom. The maximum absolute atomic E-state index is 12.5. The van der Waals surface area contributed by atoms with Crippen LogP contribution in [0.15, 0.2) is 24.0 Å². The second-order valence-corrected chi connectivity index (χ2v) is 2.79. The Kier molecular flexibility index (Phi) is 2.38. The van der Waals surface area contributed by atoms with Gasteiger partial charge in [-0.25, -0.2) is 0 Å². The third-order valence-corrected chi connectivity index (χ3v) is 1.94. The number of halogens is 3. The van der Waals surface area contributed by atoms with Crippen molar-refractivity contribution < 1.29 is 23.0 Å². The smallest absolute Gasteiger partial charge is 0.421 e. The number of allylic oxidation sites excluding steroid dienone is 2. The Morgan fingerprint density at radius 3 is 2.46 bits per heavy atom. The molecule has 0 amide bonds. The second kappa shape index (κ2) is 3.06. The molecule has 0 spiro atoms. The van der Waals surface area contributed by atoms with E-state index in [1.165, 1.54) is 6.08 Å². The van der Waals surface area contributed by atoms with Crippen LogP contribution in [0, 0.1) is 0 Å². The highest BCUT2D eigenvalue weighted by atomic mass is 19.4. The zero-order valence-electron chi connectivity index (χ0n) is 6.93. The predicted molar refractivity (Wildman–Crippen MR) is 40.3 cm³/mol. The van der Waals surface area contributed by atoms with Crippen molar-refractivity contribution in [3.8, 4) is 0 Å². The van der Waals surface area contributed by atoms with Crippen LogP contribution in [0.2, 0.25) is 0 Å². The molecule has 2 nitrogen and oxygen atoms in total. The summed E-state index contributed by atoms with van der Waals surface area (Å²) >= 11 is 0. The average Bonchev–Trinajstić information content (AvgIpc) is 2.02. The Morgan fingerprint density at radius 2 is 2.15 bits per heavy atom. The summed E-state index contributed by atoms with van der Waals surface area (Å²) < 4.78 is 41.8. The van der Waals surface area contributed by atoms with Gasteiger partial charge in [-0.1, -0.05) is 6.08 Å². The minimum Gasteiger partial charge on any atom is -0.512 e. The van der Waals surface area contributed by atoms with Crippen molar-refractivity contribution in [3.05, 3.63) is 24.0 Å². The lowest BCUT2D eigenvalue weighted by molar-refractivity contribution is -0.250. The Balaban J connectivity index is 2.98. The number of alkyl halides is 3. The number of methoxy groups -OCH3 is 1. The molecule has 0 fully saturated rings. The summed E-state index contributed by atoms with van der Waals surface area (Å²) in [6, 6.07) is 0. The molecule has 1 N–H and O–H groups in total. The topological polar surface area (TPSA) is 29.5 Å². The lowest BCUT2D eigenvalue weighted by Gasteiger charge is -2.32. The van der Waals surface area contributed by atoms with E-state index >= 15 is 0 Å². The first-order valence-corrected chi connectivity index (χ1v) is 3.60. The average molecular weight is 194 g/mol. The molecule has 1 unspecified atom stereocenters. The van der Waals surface area contributed by atoms with Gasteiger partial charge in [0, 0.05) is 13.5 Å². The molecule has 0 aliphatic heterocycles. The standard InChI is InChI=1S/C8H9F3O2/c1-13-7(8(9,10)11)4-2-3-6(12)5-7/h2-4,12H,5H2,1H3. The second-order valence-electron chi connectivity index (χ2n) is 2.79. The number of ether oxygens (including phenoxy) is 1. The van der Waals surface area contributed by atoms with Crippen LogP contribution in [-0.2, 0) is 4.74 Å². The van der Waals surface area contributed by atoms with Crippen LogP contribution >= 0.6 is 0 Å². The summed E-state index contributed by atoms with van der Waals surface area (Å²) in [4.78, 5) is 0. The molecule has 0 bridgehead atoms. The summed E-state index contributed by atoms with van der Waals surface area (Å²) in [7, 11) is 0.969. The molecule has 0 saturated carbocycles. The van der Waals surface area contributed by atoms with Gasteiger partial charge in [0.25, 0.3) is 0 Å². The number of aliphatic hydroxyl groups is 1. The van der Waals surface area contributed by atoms with Gasteiger partial charge in [-0.3, -0.25) is 0 Å². The van der Waals surface area contributed by atoms with Gasteiger partial charge in [-0.05, 0) is 12.2 Å². The summed E-state index contributed by atoms with van der Waals surface area (Å²) in [6.07, 6.45) is -1.84. The fraction of sp³-hybridized carbons (Fsp3) is 0.500. The summed E-state index contributed by atoms with van der Waals surface area (Å²) in [5.41, 5.74) is -2.37. The van der Waals surface area contributed by atoms with Crippen molar-refractivity contribution in [1.82, 2.24) is 0 Å². The molecule has 5 heteroatoms. The van der Waals surface area contributed by atoms with Gasteiger partial charge >= 0.3 is 6.18 Å². The highest BCUT2D eigenvalue weighted by Crippen LogP contribution is 2.40. The van der Waals surface area contributed by atoms with Crippen LogP contribution in [0.3, 0.4) is 0 Å². The number of hydrogen-bond donors (Lipinski definition) is 1. The van der Waals surface area contributed by atoms with Crippen molar-refractivity contribution >= 4 is 0 Å². The molecule has 13 heavy (non-hydrogen) atoms. The monoisotopic (exact) mass is 194 g/mol. The molecule has 1 rings (SSSR count). The first-order chi connectivity index (χ1) is 5.91. The van der Waals surface area contributed by atoms with E-state index < -0.39 is 18.2 Å².